The molecule has 124 valence electrons. The fourth-order valence-corrected chi connectivity index (χ4v) is 2.20. The molecule has 0 aromatic heterocycles. The number of nitro groups is 1. The zero-order chi connectivity index (χ0) is 17.5. The largest absolute Gasteiger partial charge is 0.481 e. The molecule has 0 saturated heterocycles. The molecule has 0 aliphatic heterocycles. The lowest BCUT2D eigenvalue weighted by Gasteiger charge is -2.06. The number of carboxylic acids is 1. The Kier molecular flexibility index (Phi) is 5.85. The van der Waals surface area contributed by atoms with Gasteiger partial charge in [0.15, 0.2) is 6.61 Å². The summed E-state index contributed by atoms with van der Waals surface area (Å²) in [6, 6.07) is 10.9. The number of hydrogen-bond donors (Lipinski definition) is 2. The van der Waals surface area contributed by atoms with Crippen molar-refractivity contribution in [2.75, 3.05) is 12.0 Å². The summed E-state index contributed by atoms with van der Waals surface area (Å²) >= 11 is 3.29. The summed E-state index contributed by atoms with van der Waals surface area (Å²) in [6.07, 6.45) is 1.55. The molecule has 2 rings (SSSR count). The van der Waals surface area contributed by atoms with Crippen molar-refractivity contribution >= 4 is 39.5 Å². The van der Waals surface area contributed by atoms with Gasteiger partial charge in [-0.2, -0.15) is 5.10 Å². The van der Waals surface area contributed by atoms with Crippen LogP contribution < -0.4 is 10.2 Å². The van der Waals surface area contributed by atoms with Gasteiger partial charge in [-0.05, 0) is 51.8 Å². The molecule has 0 amide bonds. The second-order valence-electron chi connectivity index (χ2n) is 4.55. The van der Waals surface area contributed by atoms with Gasteiger partial charge in [0.1, 0.15) is 5.75 Å². The predicted octanol–water partition coefficient (Wildman–Crippen LogP) is 3.27. The second-order valence-corrected chi connectivity index (χ2v) is 5.40. The predicted molar refractivity (Wildman–Crippen MR) is 91.6 cm³/mol. The summed E-state index contributed by atoms with van der Waals surface area (Å²) in [5.74, 6) is -0.641. The van der Waals surface area contributed by atoms with Crippen LogP contribution >= 0.6 is 15.9 Å². The first kappa shape index (κ1) is 17.4. The molecule has 0 radical (unpaired) electrons. The fourth-order valence-electron chi connectivity index (χ4n) is 1.69. The third-order valence-corrected chi connectivity index (χ3v) is 3.41. The van der Waals surface area contributed by atoms with Gasteiger partial charge in [0, 0.05) is 12.1 Å². The number of halogens is 1. The third kappa shape index (κ3) is 5.06. The molecule has 0 fully saturated rings. The Bertz CT molecular complexity index is 777. The van der Waals surface area contributed by atoms with E-state index in [-0.39, 0.29) is 5.69 Å². The van der Waals surface area contributed by atoms with Crippen molar-refractivity contribution < 1.29 is 19.6 Å². The number of nitrogens with zero attached hydrogens (tertiary/aromatic N) is 2. The molecule has 0 spiro atoms. The minimum atomic E-state index is -1.06. The van der Waals surface area contributed by atoms with E-state index >= 15 is 0 Å². The highest BCUT2D eigenvalue weighted by Gasteiger charge is 2.05. The highest BCUT2D eigenvalue weighted by molar-refractivity contribution is 9.10. The first-order chi connectivity index (χ1) is 11.5. The van der Waals surface area contributed by atoms with E-state index in [2.05, 4.69) is 26.5 Å². The smallest absolute Gasteiger partial charge is 0.341 e. The van der Waals surface area contributed by atoms with Crippen LogP contribution in [-0.2, 0) is 4.79 Å². The highest BCUT2D eigenvalue weighted by Crippen LogP contribution is 2.25. The lowest BCUT2D eigenvalue weighted by Crippen LogP contribution is -2.09. The number of rotatable bonds is 7. The summed E-state index contributed by atoms with van der Waals surface area (Å²) in [6.45, 7) is -0.423. The number of non-ortho nitro benzene ring substituents is 1. The summed E-state index contributed by atoms with van der Waals surface area (Å²) < 4.78 is 5.70. The van der Waals surface area contributed by atoms with Crippen molar-refractivity contribution in [3.05, 3.63) is 62.6 Å². The van der Waals surface area contributed by atoms with Gasteiger partial charge in [0.2, 0.25) is 0 Å². The van der Waals surface area contributed by atoms with Crippen LogP contribution in [-0.4, -0.2) is 28.8 Å². The molecule has 0 aliphatic carbocycles. The van der Waals surface area contributed by atoms with Gasteiger partial charge >= 0.3 is 5.97 Å². The average Bonchev–Trinajstić information content (AvgIpc) is 2.54. The minimum absolute atomic E-state index is 0.00501. The van der Waals surface area contributed by atoms with Crippen molar-refractivity contribution in [2.45, 2.75) is 0 Å². The van der Waals surface area contributed by atoms with E-state index < -0.39 is 17.5 Å². The lowest BCUT2D eigenvalue weighted by molar-refractivity contribution is -0.384. The van der Waals surface area contributed by atoms with Gasteiger partial charge in [-0.25, -0.2) is 4.79 Å². The second kappa shape index (κ2) is 8.06. The van der Waals surface area contributed by atoms with Crippen LogP contribution in [0.2, 0.25) is 0 Å². The molecule has 0 atom stereocenters. The normalized spacial score (nSPS) is 10.5. The molecular formula is C15H12BrN3O5. The average molecular weight is 394 g/mol. The van der Waals surface area contributed by atoms with Gasteiger partial charge in [-0.3, -0.25) is 15.5 Å². The summed E-state index contributed by atoms with van der Waals surface area (Å²) in [5.41, 5.74) is 4.12. The fraction of sp³-hybridized carbons (Fsp3) is 0.0667. The Morgan fingerprint density at radius 1 is 1.33 bits per heavy atom. The maximum absolute atomic E-state index is 10.6. The molecule has 2 N–H and O–H groups in total. The number of aliphatic carboxylic acids is 1. The van der Waals surface area contributed by atoms with E-state index in [9.17, 15) is 14.9 Å². The van der Waals surface area contributed by atoms with E-state index in [4.69, 9.17) is 9.84 Å². The van der Waals surface area contributed by atoms with Crippen molar-refractivity contribution in [3.63, 3.8) is 0 Å². The van der Waals surface area contributed by atoms with Crippen LogP contribution in [0.1, 0.15) is 5.56 Å². The number of hydrogen-bond acceptors (Lipinski definition) is 6. The van der Waals surface area contributed by atoms with Crippen LogP contribution in [0.5, 0.6) is 5.75 Å². The molecule has 0 heterocycles. The van der Waals surface area contributed by atoms with E-state index in [0.717, 1.165) is 5.56 Å². The minimum Gasteiger partial charge on any atom is -0.481 e. The monoisotopic (exact) mass is 393 g/mol. The quantitative estimate of drug-likeness (QED) is 0.423. The van der Waals surface area contributed by atoms with Crippen molar-refractivity contribution in [1.82, 2.24) is 0 Å². The Morgan fingerprint density at radius 3 is 2.62 bits per heavy atom. The molecule has 0 aliphatic rings. The SMILES string of the molecule is O=C(O)COc1ccc(/C=N/Nc2ccc([N+](=O)[O-])cc2)cc1Br. The molecule has 8 nitrogen and oxygen atoms in total. The molecule has 2 aromatic rings. The standard InChI is InChI=1S/C15H12BrN3O5/c16-13-7-10(1-6-14(13)24-9-15(20)21)8-17-18-11-2-4-12(5-3-11)19(22)23/h1-8,18H,9H2,(H,20,21)/b17-8+. The zero-order valence-electron chi connectivity index (χ0n) is 12.2. The number of carboxylic acid groups (broad SMARTS) is 1. The van der Waals surface area contributed by atoms with Crippen LogP contribution in [0, 0.1) is 10.1 Å². The molecule has 24 heavy (non-hydrogen) atoms. The van der Waals surface area contributed by atoms with Crippen LogP contribution in [0.4, 0.5) is 11.4 Å². The Hall–Kier alpha value is -2.94. The van der Waals surface area contributed by atoms with Gasteiger partial charge in [-0.1, -0.05) is 0 Å². The molecular weight excluding hydrogens is 382 g/mol. The van der Waals surface area contributed by atoms with E-state index in [1.807, 2.05) is 0 Å². The Labute approximate surface area is 145 Å². The van der Waals surface area contributed by atoms with Crippen LogP contribution in [0.15, 0.2) is 52.0 Å². The first-order valence-electron chi connectivity index (χ1n) is 6.63. The zero-order valence-corrected chi connectivity index (χ0v) is 13.8. The van der Waals surface area contributed by atoms with E-state index in [1.54, 1.807) is 36.5 Å². The molecule has 0 bridgehead atoms. The number of hydrazone groups is 1. The molecule has 9 heteroatoms. The van der Waals surface area contributed by atoms with Crippen molar-refractivity contribution in [2.24, 2.45) is 5.10 Å². The van der Waals surface area contributed by atoms with Crippen LogP contribution in [0.25, 0.3) is 0 Å². The number of ether oxygens (including phenoxy) is 1. The maximum atomic E-state index is 10.6. The Morgan fingerprint density at radius 2 is 2.04 bits per heavy atom. The highest BCUT2D eigenvalue weighted by atomic mass is 79.9. The summed E-state index contributed by atoms with van der Waals surface area (Å²) in [5, 5.41) is 23.2. The van der Waals surface area contributed by atoms with Crippen LogP contribution in [0.3, 0.4) is 0 Å². The summed E-state index contributed by atoms with van der Waals surface area (Å²) in [7, 11) is 0. The summed E-state index contributed by atoms with van der Waals surface area (Å²) in [4.78, 5) is 20.6. The van der Waals surface area contributed by atoms with Gasteiger partial charge in [-0.15, -0.1) is 0 Å². The molecule has 0 saturated carbocycles. The molecule has 2 aromatic carbocycles. The maximum Gasteiger partial charge on any atom is 0.341 e. The lowest BCUT2D eigenvalue weighted by atomic mass is 10.2. The van der Waals surface area contributed by atoms with Gasteiger partial charge in [0.25, 0.3) is 5.69 Å². The van der Waals surface area contributed by atoms with E-state index in [0.29, 0.717) is 15.9 Å². The molecule has 0 unspecified atom stereocenters. The Balaban J connectivity index is 1.97. The first-order valence-corrected chi connectivity index (χ1v) is 7.42. The topological polar surface area (TPSA) is 114 Å². The number of nitro benzene ring substituents is 1. The number of benzene rings is 2. The van der Waals surface area contributed by atoms with Crippen molar-refractivity contribution in [3.8, 4) is 5.75 Å². The van der Waals surface area contributed by atoms with Crippen molar-refractivity contribution in [1.29, 1.82) is 0 Å². The van der Waals surface area contributed by atoms with Gasteiger partial charge in [0.05, 0.1) is 21.3 Å². The number of nitrogens with one attached hydrogen (secondary N) is 1. The van der Waals surface area contributed by atoms with Gasteiger partial charge < -0.3 is 9.84 Å². The number of carbonyl (C=O) groups is 1. The van der Waals surface area contributed by atoms with E-state index in [1.165, 1.54) is 12.1 Å². The third-order valence-electron chi connectivity index (χ3n) is 2.79. The number of anilines is 1.